The van der Waals surface area contributed by atoms with Gasteiger partial charge in [0.2, 0.25) is 0 Å². The minimum atomic E-state index is -0.976. The molecule has 0 radical (unpaired) electrons. The summed E-state index contributed by atoms with van der Waals surface area (Å²) in [4.78, 5) is 34.3. The van der Waals surface area contributed by atoms with Crippen molar-refractivity contribution in [3.8, 4) is 5.75 Å². The van der Waals surface area contributed by atoms with Gasteiger partial charge in [-0.2, -0.15) is 0 Å². The Bertz CT molecular complexity index is 831. The Morgan fingerprint density at radius 2 is 1.70 bits per heavy atom. The Labute approximate surface area is 157 Å². The van der Waals surface area contributed by atoms with Crippen LogP contribution in [0.4, 0.5) is 5.69 Å². The molecular weight excluding hydrogens is 348 g/mol. The molecule has 2 aromatic carbocycles. The Balaban J connectivity index is 1.82. The minimum Gasteiger partial charge on any atom is -0.484 e. The highest BCUT2D eigenvalue weighted by atomic mass is 16.5. The molecule has 0 aliphatic heterocycles. The van der Waals surface area contributed by atoms with Crippen LogP contribution < -0.4 is 15.4 Å². The molecule has 7 heteroatoms. The van der Waals surface area contributed by atoms with E-state index in [9.17, 15) is 14.4 Å². The molecule has 0 saturated carbocycles. The van der Waals surface area contributed by atoms with Gasteiger partial charge in [0.15, 0.2) is 6.61 Å². The SMILES string of the molecule is Cc1ccc(OCC(=O)Nc2ccc(C(=O)NCCC(=O)O)cc2)cc1C. The van der Waals surface area contributed by atoms with E-state index in [2.05, 4.69) is 10.6 Å². The van der Waals surface area contributed by atoms with E-state index >= 15 is 0 Å². The molecule has 3 N–H and O–H groups in total. The monoisotopic (exact) mass is 370 g/mol. The lowest BCUT2D eigenvalue weighted by Gasteiger charge is -2.09. The number of aryl methyl sites for hydroxylation is 2. The van der Waals surface area contributed by atoms with Crippen molar-refractivity contribution in [3.63, 3.8) is 0 Å². The van der Waals surface area contributed by atoms with Crippen molar-refractivity contribution in [2.45, 2.75) is 20.3 Å². The van der Waals surface area contributed by atoms with Gasteiger partial charge in [-0.15, -0.1) is 0 Å². The number of benzene rings is 2. The van der Waals surface area contributed by atoms with Crippen molar-refractivity contribution in [1.82, 2.24) is 5.32 Å². The molecule has 0 spiro atoms. The van der Waals surface area contributed by atoms with Gasteiger partial charge in [-0.1, -0.05) is 6.07 Å². The van der Waals surface area contributed by atoms with Gasteiger partial charge in [-0.3, -0.25) is 14.4 Å². The number of amides is 2. The van der Waals surface area contributed by atoms with Crippen LogP contribution in [0.2, 0.25) is 0 Å². The third kappa shape index (κ3) is 6.47. The van der Waals surface area contributed by atoms with Crippen LogP contribution in [0.15, 0.2) is 42.5 Å². The van der Waals surface area contributed by atoms with Crippen LogP contribution in [0.25, 0.3) is 0 Å². The summed E-state index contributed by atoms with van der Waals surface area (Å²) in [6, 6.07) is 11.9. The van der Waals surface area contributed by atoms with Gasteiger partial charge < -0.3 is 20.5 Å². The van der Waals surface area contributed by atoms with E-state index in [1.165, 1.54) is 0 Å². The summed E-state index contributed by atoms with van der Waals surface area (Å²) < 4.78 is 5.48. The molecule has 0 bridgehead atoms. The van der Waals surface area contributed by atoms with Gasteiger partial charge in [-0.05, 0) is 61.4 Å². The average Bonchev–Trinajstić information content (AvgIpc) is 2.63. The zero-order valence-electron chi connectivity index (χ0n) is 15.2. The molecule has 2 aromatic rings. The highest BCUT2D eigenvalue weighted by molar-refractivity contribution is 5.96. The van der Waals surface area contributed by atoms with E-state index in [1.807, 2.05) is 32.0 Å². The number of hydrogen-bond acceptors (Lipinski definition) is 4. The molecule has 0 fully saturated rings. The highest BCUT2D eigenvalue weighted by Crippen LogP contribution is 2.16. The van der Waals surface area contributed by atoms with E-state index in [-0.39, 0.29) is 31.4 Å². The van der Waals surface area contributed by atoms with Crippen molar-refractivity contribution in [3.05, 3.63) is 59.2 Å². The second-order valence-electron chi connectivity index (χ2n) is 6.06. The number of hydrogen-bond donors (Lipinski definition) is 3. The van der Waals surface area contributed by atoms with Crippen LogP contribution in [0.5, 0.6) is 5.75 Å². The second-order valence-corrected chi connectivity index (χ2v) is 6.06. The number of carbonyl (C=O) groups is 3. The van der Waals surface area contributed by atoms with Gasteiger partial charge >= 0.3 is 5.97 Å². The lowest BCUT2D eigenvalue weighted by Crippen LogP contribution is -2.26. The first-order valence-electron chi connectivity index (χ1n) is 8.45. The van der Waals surface area contributed by atoms with E-state index in [0.29, 0.717) is 17.0 Å². The fraction of sp³-hybridized carbons (Fsp3) is 0.250. The Hall–Kier alpha value is -3.35. The first kappa shape index (κ1) is 20.0. The topological polar surface area (TPSA) is 105 Å². The molecule has 142 valence electrons. The molecular formula is C20H22N2O5. The maximum Gasteiger partial charge on any atom is 0.305 e. The quantitative estimate of drug-likeness (QED) is 0.662. The minimum absolute atomic E-state index is 0.0580. The highest BCUT2D eigenvalue weighted by Gasteiger charge is 2.08. The summed E-state index contributed by atoms with van der Waals surface area (Å²) in [6.45, 7) is 3.91. The van der Waals surface area contributed by atoms with E-state index < -0.39 is 5.97 Å². The van der Waals surface area contributed by atoms with Crippen LogP contribution in [0.1, 0.15) is 27.9 Å². The molecule has 0 aliphatic rings. The maximum atomic E-state index is 12.0. The van der Waals surface area contributed by atoms with Crippen LogP contribution in [-0.4, -0.2) is 36.0 Å². The van der Waals surface area contributed by atoms with Crippen molar-refractivity contribution in [2.75, 3.05) is 18.5 Å². The fourth-order valence-electron chi connectivity index (χ4n) is 2.24. The van der Waals surface area contributed by atoms with E-state index in [0.717, 1.165) is 11.1 Å². The number of carboxylic acids is 1. The number of carboxylic acid groups (broad SMARTS) is 1. The molecule has 2 rings (SSSR count). The predicted octanol–water partition coefficient (Wildman–Crippen LogP) is 2.53. The van der Waals surface area contributed by atoms with Crippen molar-refractivity contribution in [2.24, 2.45) is 0 Å². The third-order valence-corrected chi connectivity index (χ3v) is 3.90. The van der Waals surface area contributed by atoms with Crippen LogP contribution in [-0.2, 0) is 9.59 Å². The Kier molecular flexibility index (Phi) is 6.93. The van der Waals surface area contributed by atoms with Gasteiger partial charge in [0.05, 0.1) is 6.42 Å². The molecule has 0 unspecified atom stereocenters. The lowest BCUT2D eigenvalue weighted by molar-refractivity contribution is -0.136. The van der Waals surface area contributed by atoms with Gasteiger partial charge in [0, 0.05) is 17.8 Å². The van der Waals surface area contributed by atoms with Gasteiger partial charge in [0.25, 0.3) is 11.8 Å². The molecule has 0 aliphatic carbocycles. The number of aliphatic carboxylic acids is 1. The lowest BCUT2D eigenvalue weighted by atomic mass is 10.1. The Morgan fingerprint density at radius 3 is 2.33 bits per heavy atom. The molecule has 7 nitrogen and oxygen atoms in total. The summed E-state index contributed by atoms with van der Waals surface area (Å²) in [7, 11) is 0. The van der Waals surface area contributed by atoms with Crippen LogP contribution >= 0.6 is 0 Å². The van der Waals surface area contributed by atoms with Crippen molar-refractivity contribution >= 4 is 23.5 Å². The Morgan fingerprint density at radius 1 is 1.00 bits per heavy atom. The number of nitrogens with one attached hydrogen (secondary N) is 2. The maximum absolute atomic E-state index is 12.0. The standard InChI is InChI=1S/C20H22N2O5/c1-13-3-8-17(11-14(13)2)27-12-18(23)22-16-6-4-15(5-7-16)20(26)21-10-9-19(24)25/h3-8,11H,9-10,12H2,1-2H3,(H,21,26)(H,22,23)(H,24,25). The summed E-state index contributed by atoms with van der Waals surface area (Å²) in [5.74, 6) is -1.03. The smallest absolute Gasteiger partial charge is 0.305 e. The van der Waals surface area contributed by atoms with Crippen molar-refractivity contribution < 1.29 is 24.2 Å². The van der Waals surface area contributed by atoms with Crippen LogP contribution in [0, 0.1) is 13.8 Å². The normalized spacial score (nSPS) is 10.1. The summed E-state index contributed by atoms with van der Waals surface area (Å²) >= 11 is 0. The average molecular weight is 370 g/mol. The first-order chi connectivity index (χ1) is 12.8. The summed E-state index contributed by atoms with van der Waals surface area (Å²) in [6.07, 6.45) is -0.139. The fourth-order valence-corrected chi connectivity index (χ4v) is 2.24. The van der Waals surface area contributed by atoms with Gasteiger partial charge in [0.1, 0.15) is 5.75 Å². The molecule has 0 atom stereocenters. The predicted molar refractivity (Wildman–Crippen MR) is 101 cm³/mol. The molecule has 27 heavy (non-hydrogen) atoms. The molecule has 0 heterocycles. The van der Waals surface area contributed by atoms with E-state index in [4.69, 9.17) is 9.84 Å². The molecule has 0 saturated heterocycles. The third-order valence-electron chi connectivity index (χ3n) is 3.90. The zero-order valence-corrected chi connectivity index (χ0v) is 15.2. The number of carbonyl (C=O) groups excluding carboxylic acids is 2. The van der Waals surface area contributed by atoms with Crippen LogP contribution in [0.3, 0.4) is 0 Å². The largest absolute Gasteiger partial charge is 0.484 e. The van der Waals surface area contributed by atoms with E-state index in [1.54, 1.807) is 24.3 Å². The zero-order chi connectivity index (χ0) is 19.8. The molecule has 0 aromatic heterocycles. The molecule has 2 amide bonds. The number of rotatable bonds is 8. The first-order valence-corrected chi connectivity index (χ1v) is 8.45. The number of ether oxygens (including phenoxy) is 1. The second kappa shape index (κ2) is 9.38. The van der Waals surface area contributed by atoms with Gasteiger partial charge in [-0.25, -0.2) is 0 Å². The number of anilines is 1. The summed E-state index contributed by atoms with van der Waals surface area (Å²) in [5, 5.41) is 13.8. The van der Waals surface area contributed by atoms with Crippen molar-refractivity contribution in [1.29, 1.82) is 0 Å². The summed E-state index contributed by atoms with van der Waals surface area (Å²) in [5.41, 5.74) is 3.15.